The smallest absolute Gasteiger partial charge is 0.272 e. The number of carbonyl (C=O) groups is 1. The van der Waals surface area contributed by atoms with Crippen molar-refractivity contribution in [2.75, 3.05) is 26.2 Å². The molecule has 0 radical (unpaired) electrons. The quantitative estimate of drug-likeness (QED) is 0.638. The Kier molecular flexibility index (Phi) is 5.96. The van der Waals surface area contributed by atoms with E-state index in [4.69, 9.17) is 0 Å². The lowest BCUT2D eigenvalue weighted by atomic mass is 9.92. The van der Waals surface area contributed by atoms with E-state index in [0.717, 1.165) is 18.8 Å². The van der Waals surface area contributed by atoms with Crippen molar-refractivity contribution in [3.8, 4) is 0 Å². The van der Waals surface area contributed by atoms with E-state index in [0.29, 0.717) is 18.8 Å². The Labute approximate surface area is 185 Å². The lowest BCUT2D eigenvalue weighted by molar-refractivity contribution is 0.0587. The van der Waals surface area contributed by atoms with Crippen LogP contribution in [0.25, 0.3) is 0 Å². The maximum absolute atomic E-state index is 13.2. The Morgan fingerprint density at radius 3 is 1.84 bits per heavy atom. The van der Waals surface area contributed by atoms with Gasteiger partial charge in [-0.1, -0.05) is 81.4 Å². The average molecular weight is 417 g/mol. The molecule has 0 unspecified atom stereocenters. The van der Waals surface area contributed by atoms with Crippen molar-refractivity contribution >= 4 is 5.91 Å². The molecular formula is C26H32N4O. The second-order valence-electron chi connectivity index (χ2n) is 9.34. The van der Waals surface area contributed by atoms with E-state index in [9.17, 15) is 4.79 Å². The van der Waals surface area contributed by atoms with Gasteiger partial charge in [0, 0.05) is 38.6 Å². The fraction of sp³-hybridized carbons (Fsp3) is 0.385. The van der Waals surface area contributed by atoms with Gasteiger partial charge in [0.1, 0.15) is 5.69 Å². The zero-order valence-electron chi connectivity index (χ0n) is 19.0. The molecule has 162 valence electrons. The fourth-order valence-corrected chi connectivity index (χ4v) is 4.26. The summed E-state index contributed by atoms with van der Waals surface area (Å²) in [5, 5.41) is 4.58. The molecule has 2 aromatic carbocycles. The summed E-state index contributed by atoms with van der Waals surface area (Å²) >= 11 is 0. The van der Waals surface area contributed by atoms with Crippen molar-refractivity contribution in [3.05, 3.63) is 89.2 Å². The Morgan fingerprint density at radius 1 is 0.871 bits per heavy atom. The Bertz CT molecular complexity index is 973. The van der Waals surface area contributed by atoms with Gasteiger partial charge in [-0.2, -0.15) is 5.10 Å². The van der Waals surface area contributed by atoms with Crippen LogP contribution in [0.15, 0.2) is 66.7 Å². The molecule has 0 saturated carbocycles. The van der Waals surface area contributed by atoms with Crippen LogP contribution < -0.4 is 0 Å². The molecule has 4 rings (SSSR count). The molecular weight excluding hydrogens is 384 g/mol. The molecule has 1 aliphatic rings. The van der Waals surface area contributed by atoms with E-state index >= 15 is 0 Å². The van der Waals surface area contributed by atoms with Crippen LogP contribution in [0, 0.1) is 0 Å². The number of amides is 1. The monoisotopic (exact) mass is 416 g/mol. The van der Waals surface area contributed by atoms with Gasteiger partial charge in [-0.05, 0) is 17.2 Å². The lowest BCUT2D eigenvalue weighted by Gasteiger charge is -2.39. The molecule has 0 aliphatic carbocycles. The van der Waals surface area contributed by atoms with E-state index in [1.165, 1.54) is 11.1 Å². The molecule has 1 aliphatic heterocycles. The first-order chi connectivity index (χ1) is 14.8. The van der Waals surface area contributed by atoms with Crippen molar-refractivity contribution in [2.24, 2.45) is 7.05 Å². The minimum Gasteiger partial charge on any atom is -0.335 e. The number of hydrogen-bond donors (Lipinski definition) is 0. The van der Waals surface area contributed by atoms with Crippen LogP contribution in [0.1, 0.15) is 54.1 Å². The van der Waals surface area contributed by atoms with Gasteiger partial charge in [0.05, 0.1) is 11.7 Å². The minimum atomic E-state index is -0.0758. The molecule has 0 spiro atoms. The number of rotatable bonds is 4. The molecule has 0 bridgehead atoms. The molecule has 2 heterocycles. The van der Waals surface area contributed by atoms with E-state index in [1.807, 2.05) is 18.0 Å². The van der Waals surface area contributed by atoms with Crippen LogP contribution in [0.4, 0.5) is 0 Å². The van der Waals surface area contributed by atoms with Gasteiger partial charge >= 0.3 is 0 Å². The van der Waals surface area contributed by atoms with E-state index < -0.39 is 0 Å². The summed E-state index contributed by atoms with van der Waals surface area (Å²) in [5.41, 5.74) is 4.12. The number of benzene rings is 2. The predicted octanol–water partition coefficient (Wildman–Crippen LogP) is 4.27. The van der Waals surface area contributed by atoms with Crippen molar-refractivity contribution in [3.63, 3.8) is 0 Å². The maximum atomic E-state index is 13.2. The average Bonchev–Trinajstić information content (AvgIpc) is 3.18. The van der Waals surface area contributed by atoms with Gasteiger partial charge in [0.25, 0.3) is 5.91 Å². The molecule has 0 N–H and O–H groups in total. The summed E-state index contributed by atoms with van der Waals surface area (Å²) in [6.45, 7) is 9.46. The topological polar surface area (TPSA) is 41.4 Å². The van der Waals surface area contributed by atoms with Crippen LogP contribution in [-0.4, -0.2) is 51.7 Å². The SMILES string of the molecule is Cn1nc(C(C)(C)C)cc1C(=O)N1CCN(C(c2ccccc2)c2ccccc2)CC1. The second kappa shape index (κ2) is 8.67. The summed E-state index contributed by atoms with van der Waals surface area (Å²) in [6, 6.07) is 23.4. The molecule has 1 aromatic heterocycles. The molecule has 1 amide bonds. The molecule has 31 heavy (non-hydrogen) atoms. The molecule has 0 atom stereocenters. The second-order valence-corrected chi connectivity index (χ2v) is 9.34. The standard InChI is InChI=1S/C26H32N4O/c1-26(2,3)23-19-22(28(4)27-23)25(31)30-17-15-29(16-18-30)24(20-11-7-5-8-12-20)21-13-9-6-10-14-21/h5-14,19,24H,15-18H2,1-4H3. The highest BCUT2D eigenvalue weighted by atomic mass is 16.2. The highest BCUT2D eigenvalue weighted by Gasteiger charge is 2.30. The van der Waals surface area contributed by atoms with E-state index in [-0.39, 0.29) is 17.4 Å². The summed E-state index contributed by atoms with van der Waals surface area (Å²) < 4.78 is 1.73. The number of carbonyl (C=O) groups excluding carboxylic acids is 1. The summed E-state index contributed by atoms with van der Waals surface area (Å²) in [4.78, 5) is 17.7. The van der Waals surface area contributed by atoms with Crippen LogP contribution in [0.5, 0.6) is 0 Å². The molecule has 1 fully saturated rings. The Morgan fingerprint density at radius 2 is 1.39 bits per heavy atom. The zero-order valence-corrected chi connectivity index (χ0v) is 19.0. The maximum Gasteiger partial charge on any atom is 0.272 e. The predicted molar refractivity (Wildman–Crippen MR) is 124 cm³/mol. The van der Waals surface area contributed by atoms with Crippen molar-refractivity contribution in [1.29, 1.82) is 0 Å². The minimum absolute atomic E-state index is 0.0705. The van der Waals surface area contributed by atoms with E-state index in [2.05, 4.69) is 91.4 Å². The van der Waals surface area contributed by atoms with Crippen LogP contribution in [0.2, 0.25) is 0 Å². The van der Waals surface area contributed by atoms with Crippen molar-refractivity contribution in [1.82, 2.24) is 19.6 Å². The molecule has 3 aromatic rings. The fourth-order valence-electron chi connectivity index (χ4n) is 4.26. The number of aryl methyl sites for hydroxylation is 1. The van der Waals surface area contributed by atoms with Crippen LogP contribution >= 0.6 is 0 Å². The van der Waals surface area contributed by atoms with Crippen LogP contribution in [-0.2, 0) is 12.5 Å². The Balaban J connectivity index is 1.51. The summed E-state index contributed by atoms with van der Waals surface area (Å²) in [5.74, 6) is 0.0705. The Hall–Kier alpha value is -2.92. The number of aromatic nitrogens is 2. The third-order valence-electron chi connectivity index (χ3n) is 6.06. The normalized spacial score (nSPS) is 15.5. The van der Waals surface area contributed by atoms with Gasteiger partial charge in [-0.25, -0.2) is 0 Å². The first-order valence-corrected chi connectivity index (χ1v) is 11.0. The molecule has 5 nitrogen and oxygen atoms in total. The number of nitrogens with zero attached hydrogens (tertiary/aromatic N) is 4. The zero-order chi connectivity index (χ0) is 22.0. The van der Waals surface area contributed by atoms with Crippen LogP contribution in [0.3, 0.4) is 0 Å². The number of hydrogen-bond acceptors (Lipinski definition) is 3. The largest absolute Gasteiger partial charge is 0.335 e. The molecule has 5 heteroatoms. The summed E-state index contributed by atoms with van der Waals surface area (Å²) in [7, 11) is 1.86. The van der Waals surface area contributed by atoms with Gasteiger partial charge in [0.2, 0.25) is 0 Å². The van der Waals surface area contributed by atoms with Crippen molar-refractivity contribution in [2.45, 2.75) is 32.2 Å². The summed E-state index contributed by atoms with van der Waals surface area (Å²) in [6.07, 6.45) is 0. The third-order valence-corrected chi connectivity index (χ3v) is 6.06. The van der Waals surface area contributed by atoms with Crippen molar-refractivity contribution < 1.29 is 4.79 Å². The first kappa shape index (κ1) is 21.3. The van der Waals surface area contributed by atoms with E-state index in [1.54, 1.807) is 4.68 Å². The van der Waals surface area contributed by atoms with Gasteiger partial charge in [-0.15, -0.1) is 0 Å². The van der Waals surface area contributed by atoms with Gasteiger partial charge < -0.3 is 4.90 Å². The first-order valence-electron chi connectivity index (χ1n) is 11.0. The highest BCUT2D eigenvalue weighted by molar-refractivity contribution is 5.92. The van der Waals surface area contributed by atoms with Gasteiger partial charge in [-0.3, -0.25) is 14.4 Å². The molecule has 1 saturated heterocycles. The third kappa shape index (κ3) is 4.57. The number of piperazine rings is 1. The highest BCUT2D eigenvalue weighted by Crippen LogP contribution is 2.30. The lowest BCUT2D eigenvalue weighted by Crippen LogP contribution is -2.50. The van der Waals surface area contributed by atoms with Gasteiger partial charge in [0.15, 0.2) is 0 Å².